The van der Waals surface area contributed by atoms with Crippen LogP contribution >= 0.6 is 0 Å². The molecule has 1 aromatic rings. The summed E-state index contributed by atoms with van der Waals surface area (Å²) in [6.45, 7) is 0.296. The molecule has 1 aliphatic rings. The van der Waals surface area contributed by atoms with E-state index >= 15 is 0 Å². The molecule has 0 atom stereocenters. The summed E-state index contributed by atoms with van der Waals surface area (Å²) >= 11 is 0. The predicted octanol–water partition coefficient (Wildman–Crippen LogP) is 2.44. The third-order valence-corrected chi connectivity index (χ3v) is 4.05. The molecule has 1 saturated carbocycles. The molecule has 7 heteroatoms. The molecule has 7 nitrogen and oxygen atoms in total. The standard InChI is InChI=1S/C17H26N4O3/c1-24-15-11-13(19-16(22)9-10-18)7-8-14(15)21-17(23)20-12-5-3-2-4-6-12/h7-8,11-12H,2-6,9-10,18H2,1H3,(H,19,22)(H2,20,21,23). The van der Waals surface area contributed by atoms with E-state index in [0.717, 1.165) is 25.7 Å². The Balaban J connectivity index is 1.96. The topological polar surface area (TPSA) is 105 Å². The van der Waals surface area contributed by atoms with Gasteiger partial charge in [-0.2, -0.15) is 0 Å². The largest absolute Gasteiger partial charge is 0.494 e. The summed E-state index contributed by atoms with van der Waals surface area (Å²) in [4.78, 5) is 23.7. The highest BCUT2D eigenvalue weighted by atomic mass is 16.5. The highest BCUT2D eigenvalue weighted by Crippen LogP contribution is 2.28. The van der Waals surface area contributed by atoms with Crippen molar-refractivity contribution in [3.63, 3.8) is 0 Å². The predicted molar refractivity (Wildman–Crippen MR) is 94.3 cm³/mol. The second kappa shape index (κ2) is 9.12. The second-order valence-corrected chi connectivity index (χ2v) is 5.94. The Morgan fingerprint density at radius 1 is 1.21 bits per heavy atom. The number of hydrogen-bond donors (Lipinski definition) is 4. The minimum Gasteiger partial charge on any atom is -0.494 e. The third kappa shape index (κ3) is 5.42. The number of carbonyl (C=O) groups is 2. The minimum absolute atomic E-state index is 0.157. The van der Waals surface area contributed by atoms with Crippen LogP contribution in [0.3, 0.4) is 0 Å². The van der Waals surface area contributed by atoms with Gasteiger partial charge in [0.15, 0.2) is 0 Å². The van der Waals surface area contributed by atoms with E-state index < -0.39 is 0 Å². The summed E-state index contributed by atoms with van der Waals surface area (Å²) in [5, 5.41) is 8.54. The summed E-state index contributed by atoms with van der Waals surface area (Å²) in [6.07, 6.45) is 5.86. The molecule has 0 heterocycles. The summed E-state index contributed by atoms with van der Waals surface area (Å²) in [5.74, 6) is 0.328. The molecule has 24 heavy (non-hydrogen) atoms. The number of hydrogen-bond acceptors (Lipinski definition) is 4. The monoisotopic (exact) mass is 334 g/mol. The van der Waals surface area contributed by atoms with Crippen LogP contribution in [0.25, 0.3) is 0 Å². The maximum absolute atomic E-state index is 12.1. The maximum Gasteiger partial charge on any atom is 0.319 e. The fraction of sp³-hybridized carbons (Fsp3) is 0.529. The van der Waals surface area contributed by atoms with Crippen LogP contribution in [0, 0.1) is 0 Å². The summed E-state index contributed by atoms with van der Waals surface area (Å²) in [7, 11) is 1.52. The second-order valence-electron chi connectivity index (χ2n) is 5.94. The van der Waals surface area contributed by atoms with Crippen LogP contribution in [0.15, 0.2) is 18.2 Å². The number of nitrogens with two attached hydrogens (primary N) is 1. The van der Waals surface area contributed by atoms with Gasteiger partial charge in [0.25, 0.3) is 0 Å². The molecule has 1 fully saturated rings. The van der Waals surface area contributed by atoms with Crippen LogP contribution in [-0.4, -0.2) is 31.6 Å². The van der Waals surface area contributed by atoms with Gasteiger partial charge in [-0.05, 0) is 25.0 Å². The van der Waals surface area contributed by atoms with Crippen molar-refractivity contribution in [2.24, 2.45) is 5.73 Å². The summed E-state index contributed by atoms with van der Waals surface area (Å²) in [5.41, 5.74) is 6.51. The van der Waals surface area contributed by atoms with Crippen molar-refractivity contribution >= 4 is 23.3 Å². The zero-order valence-electron chi connectivity index (χ0n) is 14.1. The average molecular weight is 334 g/mol. The number of benzene rings is 1. The van der Waals surface area contributed by atoms with Gasteiger partial charge in [0, 0.05) is 30.8 Å². The van der Waals surface area contributed by atoms with Gasteiger partial charge in [-0.1, -0.05) is 19.3 Å². The van der Waals surface area contributed by atoms with E-state index in [2.05, 4.69) is 16.0 Å². The van der Waals surface area contributed by atoms with Gasteiger partial charge in [0.2, 0.25) is 5.91 Å². The Labute approximate surface area is 142 Å². The van der Waals surface area contributed by atoms with E-state index in [-0.39, 0.29) is 24.4 Å². The fourth-order valence-corrected chi connectivity index (χ4v) is 2.82. The first-order valence-electron chi connectivity index (χ1n) is 8.38. The van der Waals surface area contributed by atoms with E-state index in [0.29, 0.717) is 23.7 Å². The van der Waals surface area contributed by atoms with Gasteiger partial charge < -0.3 is 26.4 Å². The molecule has 0 aromatic heterocycles. The lowest BCUT2D eigenvalue weighted by Crippen LogP contribution is -2.39. The normalized spacial score (nSPS) is 14.8. The molecule has 0 bridgehead atoms. The minimum atomic E-state index is -0.236. The Morgan fingerprint density at radius 3 is 2.62 bits per heavy atom. The van der Waals surface area contributed by atoms with Crippen LogP contribution in [0.2, 0.25) is 0 Å². The molecule has 5 N–H and O–H groups in total. The highest BCUT2D eigenvalue weighted by Gasteiger charge is 2.16. The zero-order chi connectivity index (χ0) is 17.4. The SMILES string of the molecule is COc1cc(NC(=O)CCN)ccc1NC(=O)NC1CCCCC1. The molecule has 2 rings (SSSR count). The van der Waals surface area contributed by atoms with Gasteiger partial charge in [-0.3, -0.25) is 4.79 Å². The Kier molecular flexibility index (Phi) is 6.87. The van der Waals surface area contributed by atoms with Crippen LogP contribution in [0.1, 0.15) is 38.5 Å². The molecule has 1 aromatic carbocycles. The number of methoxy groups -OCH3 is 1. The van der Waals surface area contributed by atoms with Crippen molar-refractivity contribution < 1.29 is 14.3 Å². The van der Waals surface area contributed by atoms with Gasteiger partial charge in [-0.25, -0.2) is 4.79 Å². The van der Waals surface area contributed by atoms with Gasteiger partial charge in [0.1, 0.15) is 5.75 Å². The molecule has 0 spiro atoms. The Bertz CT molecular complexity index is 571. The van der Waals surface area contributed by atoms with Crippen molar-refractivity contribution in [2.45, 2.75) is 44.6 Å². The highest BCUT2D eigenvalue weighted by molar-refractivity contribution is 5.94. The summed E-state index contributed by atoms with van der Waals surface area (Å²) < 4.78 is 5.30. The zero-order valence-corrected chi connectivity index (χ0v) is 14.1. The smallest absolute Gasteiger partial charge is 0.319 e. The molecule has 0 saturated heterocycles. The van der Waals surface area contributed by atoms with Gasteiger partial charge >= 0.3 is 6.03 Å². The lowest BCUT2D eigenvalue weighted by Gasteiger charge is -2.23. The first-order chi connectivity index (χ1) is 11.6. The average Bonchev–Trinajstić information content (AvgIpc) is 2.57. The van der Waals surface area contributed by atoms with Gasteiger partial charge in [-0.15, -0.1) is 0 Å². The molecular weight excluding hydrogens is 308 g/mol. The molecule has 0 radical (unpaired) electrons. The Morgan fingerprint density at radius 2 is 1.96 bits per heavy atom. The van der Waals surface area contributed by atoms with E-state index in [4.69, 9.17) is 10.5 Å². The Hall–Kier alpha value is -2.28. The molecule has 3 amide bonds. The molecule has 0 unspecified atom stereocenters. The molecular formula is C17H26N4O3. The van der Waals surface area contributed by atoms with Crippen molar-refractivity contribution in [2.75, 3.05) is 24.3 Å². The fourth-order valence-electron chi connectivity index (χ4n) is 2.82. The summed E-state index contributed by atoms with van der Waals surface area (Å²) in [6, 6.07) is 5.09. The van der Waals surface area contributed by atoms with Crippen LogP contribution in [-0.2, 0) is 4.79 Å². The van der Waals surface area contributed by atoms with Crippen molar-refractivity contribution in [3.05, 3.63) is 18.2 Å². The lowest BCUT2D eigenvalue weighted by molar-refractivity contribution is -0.116. The number of anilines is 2. The number of amides is 3. The van der Waals surface area contributed by atoms with Crippen LogP contribution < -0.4 is 26.4 Å². The third-order valence-electron chi connectivity index (χ3n) is 4.05. The number of carbonyl (C=O) groups excluding carboxylic acids is 2. The molecule has 1 aliphatic carbocycles. The molecule has 132 valence electrons. The van der Waals surface area contributed by atoms with E-state index in [9.17, 15) is 9.59 Å². The van der Waals surface area contributed by atoms with E-state index in [1.807, 2.05) is 0 Å². The lowest BCUT2D eigenvalue weighted by atomic mass is 9.96. The van der Waals surface area contributed by atoms with Crippen molar-refractivity contribution in [1.82, 2.24) is 5.32 Å². The van der Waals surface area contributed by atoms with E-state index in [1.165, 1.54) is 13.5 Å². The van der Waals surface area contributed by atoms with E-state index in [1.54, 1.807) is 18.2 Å². The van der Waals surface area contributed by atoms with Gasteiger partial charge in [0.05, 0.1) is 12.8 Å². The number of urea groups is 1. The first kappa shape index (κ1) is 18.1. The maximum atomic E-state index is 12.1. The van der Waals surface area contributed by atoms with Crippen molar-refractivity contribution in [3.8, 4) is 5.75 Å². The quantitative estimate of drug-likeness (QED) is 0.641. The number of ether oxygens (including phenoxy) is 1. The van der Waals surface area contributed by atoms with Crippen molar-refractivity contribution in [1.29, 1.82) is 0 Å². The number of nitrogens with one attached hydrogen (secondary N) is 3. The van der Waals surface area contributed by atoms with Crippen LogP contribution in [0.5, 0.6) is 5.75 Å². The van der Waals surface area contributed by atoms with Crippen LogP contribution in [0.4, 0.5) is 16.2 Å². The molecule has 0 aliphatic heterocycles. The number of rotatable bonds is 6. The first-order valence-corrected chi connectivity index (χ1v) is 8.38.